The lowest BCUT2D eigenvalue weighted by Crippen LogP contribution is -2.36. The minimum Gasteiger partial charge on any atom is -0.469 e. The molecular weight excluding hydrogens is 256 g/mol. The van der Waals surface area contributed by atoms with E-state index in [4.69, 9.17) is 9.47 Å². The second-order valence-corrected chi connectivity index (χ2v) is 5.18. The molecule has 1 aliphatic rings. The van der Waals surface area contributed by atoms with Crippen molar-refractivity contribution in [2.45, 2.75) is 25.2 Å². The molecule has 4 nitrogen and oxygen atoms in total. The first-order valence-electron chi connectivity index (χ1n) is 6.88. The molecule has 0 amide bonds. The smallest absolute Gasteiger partial charge is 0.309 e. The van der Waals surface area contributed by atoms with Gasteiger partial charge in [-0.05, 0) is 30.7 Å². The van der Waals surface area contributed by atoms with Crippen LogP contribution in [0.2, 0.25) is 0 Å². The minimum absolute atomic E-state index is 0.293. The van der Waals surface area contributed by atoms with Gasteiger partial charge in [-0.3, -0.25) is 9.59 Å². The Hall–Kier alpha value is -1.84. The first kappa shape index (κ1) is 14.6. The molecule has 1 saturated carbocycles. The Balaban J connectivity index is 2.17. The van der Waals surface area contributed by atoms with Crippen LogP contribution in [-0.4, -0.2) is 26.2 Å². The van der Waals surface area contributed by atoms with Crippen molar-refractivity contribution >= 4 is 11.9 Å². The van der Waals surface area contributed by atoms with Crippen LogP contribution in [0.15, 0.2) is 30.3 Å². The molecule has 1 fully saturated rings. The molecule has 0 heterocycles. The van der Waals surface area contributed by atoms with Crippen LogP contribution in [0.25, 0.3) is 0 Å². The van der Waals surface area contributed by atoms with Crippen molar-refractivity contribution in [3.05, 3.63) is 35.9 Å². The predicted molar refractivity (Wildman–Crippen MR) is 74.0 cm³/mol. The third-order valence-corrected chi connectivity index (χ3v) is 4.13. The van der Waals surface area contributed by atoms with Gasteiger partial charge in [0.15, 0.2) is 0 Å². The molecule has 20 heavy (non-hydrogen) atoms. The van der Waals surface area contributed by atoms with Gasteiger partial charge >= 0.3 is 11.9 Å². The summed E-state index contributed by atoms with van der Waals surface area (Å²) in [4.78, 5) is 23.8. The van der Waals surface area contributed by atoms with Gasteiger partial charge in [0.25, 0.3) is 0 Å². The molecule has 1 aromatic carbocycles. The van der Waals surface area contributed by atoms with E-state index in [2.05, 4.69) is 12.1 Å². The Labute approximate surface area is 119 Å². The fourth-order valence-electron chi connectivity index (χ4n) is 3.04. The number of hydrogen-bond donors (Lipinski definition) is 0. The molecule has 0 N–H and O–H groups in total. The second kappa shape index (κ2) is 6.55. The SMILES string of the molecule is COC(=O)[C@H]1C[C@@H](c2ccccc2)CC[C@H]1C(=O)OC. The molecule has 0 spiro atoms. The summed E-state index contributed by atoms with van der Waals surface area (Å²) in [5, 5.41) is 0. The van der Waals surface area contributed by atoms with Gasteiger partial charge in [-0.15, -0.1) is 0 Å². The van der Waals surface area contributed by atoms with Crippen LogP contribution >= 0.6 is 0 Å². The summed E-state index contributed by atoms with van der Waals surface area (Å²) >= 11 is 0. The van der Waals surface area contributed by atoms with E-state index in [9.17, 15) is 9.59 Å². The molecule has 108 valence electrons. The van der Waals surface area contributed by atoms with Crippen LogP contribution < -0.4 is 0 Å². The van der Waals surface area contributed by atoms with Crippen molar-refractivity contribution in [3.8, 4) is 0 Å². The quantitative estimate of drug-likeness (QED) is 0.796. The average Bonchev–Trinajstić information content (AvgIpc) is 2.53. The van der Waals surface area contributed by atoms with Crippen LogP contribution in [-0.2, 0) is 19.1 Å². The minimum atomic E-state index is -0.411. The molecule has 1 aromatic rings. The highest BCUT2D eigenvalue weighted by Gasteiger charge is 2.40. The molecule has 0 unspecified atom stereocenters. The normalized spacial score (nSPS) is 25.8. The number of carbonyl (C=O) groups excluding carboxylic acids is 2. The van der Waals surface area contributed by atoms with Crippen molar-refractivity contribution in [1.82, 2.24) is 0 Å². The molecule has 1 aliphatic carbocycles. The van der Waals surface area contributed by atoms with Crippen molar-refractivity contribution in [1.29, 1.82) is 0 Å². The number of benzene rings is 1. The zero-order chi connectivity index (χ0) is 14.5. The molecule has 2 rings (SSSR count). The van der Waals surface area contributed by atoms with Crippen molar-refractivity contribution in [2.24, 2.45) is 11.8 Å². The number of rotatable bonds is 3. The maximum absolute atomic E-state index is 11.9. The van der Waals surface area contributed by atoms with E-state index < -0.39 is 5.92 Å². The Morgan fingerprint density at radius 2 is 1.55 bits per heavy atom. The van der Waals surface area contributed by atoms with E-state index >= 15 is 0 Å². The Morgan fingerprint density at radius 1 is 0.950 bits per heavy atom. The van der Waals surface area contributed by atoms with Crippen LogP contribution in [0, 0.1) is 11.8 Å². The Morgan fingerprint density at radius 3 is 2.15 bits per heavy atom. The van der Waals surface area contributed by atoms with E-state index in [1.54, 1.807) is 0 Å². The van der Waals surface area contributed by atoms with Crippen LogP contribution in [0.5, 0.6) is 0 Å². The van der Waals surface area contributed by atoms with E-state index in [0.717, 1.165) is 6.42 Å². The third-order valence-electron chi connectivity index (χ3n) is 4.13. The number of carbonyl (C=O) groups is 2. The van der Waals surface area contributed by atoms with E-state index in [1.807, 2.05) is 18.2 Å². The standard InChI is InChI=1S/C16H20O4/c1-19-15(17)13-9-8-12(10-14(13)16(18)20-2)11-6-4-3-5-7-11/h3-7,12-14H,8-10H2,1-2H3/t12-,13+,14-/m0/s1. The topological polar surface area (TPSA) is 52.6 Å². The molecule has 0 radical (unpaired) electrons. The van der Waals surface area contributed by atoms with Gasteiger partial charge in [-0.1, -0.05) is 30.3 Å². The lowest BCUT2D eigenvalue weighted by atomic mass is 9.72. The molecule has 0 aromatic heterocycles. The molecule has 0 bridgehead atoms. The van der Waals surface area contributed by atoms with Crippen molar-refractivity contribution in [2.75, 3.05) is 14.2 Å². The molecule has 0 aliphatic heterocycles. The summed E-state index contributed by atoms with van der Waals surface area (Å²) < 4.78 is 9.66. The van der Waals surface area contributed by atoms with E-state index in [0.29, 0.717) is 18.8 Å². The highest BCUT2D eigenvalue weighted by Crippen LogP contribution is 2.40. The summed E-state index contributed by atoms with van der Waals surface area (Å²) in [7, 11) is 2.72. The fourth-order valence-corrected chi connectivity index (χ4v) is 3.04. The summed E-state index contributed by atoms with van der Waals surface area (Å²) in [5.41, 5.74) is 1.21. The second-order valence-electron chi connectivity index (χ2n) is 5.18. The fraction of sp³-hybridized carbons (Fsp3) is 0.500. The Bertz CT molecular complexity index is 469. The monoisotopic (exact) mass is 276 g/mol. The largest absolute Gasteiger partial charge is 0.469 e. The zero-order valence-corrected chi connectivity index (χ0v) is 11.9. The van der Waals surface area contributed by atoms with Gasteiger partial charge in [-0.2, -0.15) is 0 Å². The van der Waals surface area contributed by atoms with Gasteiger partial charge in [0.2, 0.25) is 0 Å². The van der Waals surface area contributed by atoms with Gasteiger partial charge in [0, 0.05) is 0 Å². The van der Waals surface area contributed by atoms with Crippen molar-refractivity contribution < 1.29 is 19.1 Å². The predicted octanol–water partition coefficient (Wildman–Crippen LogP) is 2.53. The maximum Gasteiger partial charge on any atom is 0.309 e. The van der Waals surface area contributed by atoms with Crippen LogP contribution in [0.1, 0.15) is 30.7 Å². The first-order chi connectivity index (χ1) is 9.67. The van der Waals surface area contributed by atoms with Gasteiger partial charge in [0.05, 0.1) is 26.1 Å². The number of ether oxygens (including phenoxy) is 2. The van der Waals surface area contributed by atoms with Gasteiger partial charge in [-0.25, -0.2) is 0 Å². The molecular formula is C16H20O4. The molecule has 0 saturated heterocycles. The van der Waals surface area contributed by atoms with Crippen molar-refractivity contribution in [3.63, 3.8) is 0 Å². The summed E-state index contributed by atoms with van der Waals surface area (Å²) in [6, 6.07) is 10.1. The molecule has 4 heteroatoms. The summed E-state index contributed by atoms with van der Waals surface area (Å²) in [5.74, 6) is -1.13. The van der Waals surface area contributed by atoms with E-state index in [-0.39, 0.29) is 17.9 Å². The first-order valence-corrected chi connectivity index (χ1v) is 6.88. The highest BCUT2D eigenvalue weighted by molar-refractivity contribution is 5.82. The average molecular weight is 276 g/mol. The lowest BCUT2D eigenvalue weighted by molar-refractivity contribution is -0.159. The number of esters is 2. The highest BCUT2D eigenvalue weighted by atomic mass is 16.5. The third kappa shape index (κ3) is 3.00. The molecule has 3 atom stereocenters. The zero-order valence-electron chi connectivity index (χ0n) is 11.9. The van der Waals surface area contributed by atoms with Gasteiger partial charge in [0.1, 0.15) is 0 Å². The number of methoxy groups -OCH3 is 2. The maximum atomic E-state index is 11.9. The summed E-state index contributed by atoms with van der Waals surface area (Å²) in [6.07, 6.45) is 2.18. The number of hydrogen-bond acceptors (Lipinski definition) is 4. The Kier molecular flexibility index (Phi) is 4.77. The van der Waals surface area contributed by atoms with Crippen LogP contribution in [0.3, 0.4) is 0 Å². The lowest BCUT2D eigenvalue weighted by Gasteiger charge is -2.33. The summed E-state index contributed by atoms with van der Waals surface area (Å²) in [6.45, 7) is 0. The van der Waals surface area contributed by atoms with E-state index in [1.165, 1.54) is 19.8 Å². The van der Waals surface area contributed by atoms with Crippen LogP contribution in [0.4, 0.5) is 0 Å². The van der Waals surface area contributed by atoms with Gasteiger partial charge < -0.3 is 9.47 Å².